The van der Waals surface area contributed by atoms with Crippen LogP contribution >= 0.6 is 11.6 Å². The number of hydrogen-bond acceptors (Lipinski definition) is 4. The first kappa shape index (κ1) is 16.6. The summed E-state index contributed by atoms with van der Waals surface area (Å²) in [5, 5.41) is 13.9. The van der Waals surface area contributed by atoms with Crippen LogP contribution in [0.2, 0.25) is 5.02 Å². The fraction of sp³-hybridized carbons (Fsp3) is 0.625. The molecular weight excluding hydrogens is 288 g/mol. The lowest BCUT2D eigenvalue weighted by molar-refractivity contribution is 0.0971. The molecule has 0 spiro atoms. The van der Waals surface area contributed by atoms with E-state index in [1.54, 1.807) is 7.11 Å². The van der Waals surface area contributed by atoms with E-state index in [1.807, 2.05) is 6.07 Å². The predicted octanol–water partition coefficient (Wildman–Crippen LogP) is 2.28. The summed E-state index contributed by atoms with van der Waals surface area (Å²) in [6.45, 7) is 6.12. The second-order valence-electron chi connectivity index (χ2n) is 5.73. The van der Waals surface area contributed by atoms with Crippen LogP contribution < -0.4 is 10.2 Å². The molecule has 0 saturated carbocycles. The number of nitrogens with one attached hydrogen (secondary N) is 1. The van der Waals surface area contributed by atoms with Gasteiger partial charge in [-0.05, 0) is 30.0 Å². The number of nitrogens with zero attached hydrogens (tertiary/aromatic N) is 1. The van der Waals surface area contributed by atoms with Crippen LogP contribution in [0.5, 0.6) is 0 Å². The van der Waals surface area contributed by atoms with E-state index in [9.17, 15) is 5.11 Å². The van der Waals surface area contributed by atoms with Crippen molar-refractivity contribution in [2.75, 3.05) is 38.3 Å². The Morgan fingerprint density at radius 1 is 1.48 bits per heavy atom. The Hall–Kier alpha value is -0.810. The maximum absolute atomic E-state index is 9.82. The second kappa shape index (κ2) is 7.99. The van der Waals surface area contributed by atoms with E-state index in [1.165, 1.54) is 5.56 Å². The van der Waals surface area contributed by atoms with E-state index >= 15 is 0 Å². The number of aliphatic hydroxyl groups excluding tert-OH is 1. The van der Waals surface area contributed by atoms with Crippen LogP contribution in [-0.2, 0) is 11.3 Å². The molecule has 1 aromatic rings. The topological polar surface area (TPSA) is 44.7 Å². The van der Waals surface area contributed by atoms with Crippen molar-refractivity contribution in [1.82, 2.24) is 5.32 Å². The molecule has 2 rings (SSSR count). The number of benzene rings is 1. The van der Waals surface area contributed by atoms with Crippen LogP contribution in [0.25, 0.3) is 0 Å². The van der Waals surface area contributed by atoms with Crippen LogP contribution in [0.15, 0.2) is 18.2 Å². The van der Waals surface area contributed by atoms with E-state index in [-0.39, 0.29) is 12.0 Å². The maximum Gasteiger partial charge on any atom is 0.0642 e. The molecule has 118 valence electrons. The van der Waals surface area contributed by atoms with Crippen molar-refractivity contribution in [2.45, 2.75) is 26.0 Å². The summed E-state index contributed by atoms with van der Waals surface area (Å²) in [6.07, 6.45) is 0.613. The number of ether oxygens (including phenoxy) is 1. The van der Waals surface area contributed by atoms with Gasteiger partial charge in [0.1, 0.15) is 0 Å². The maximum atomic E-state index is 9.82. The fourth-order valence-electron chi connectivity index (χ4n) is 2.68. The summed E-state index contributed by atoms with van der Waals surface area (Å²) in [5.41, 5.74) is 2.24. The molecule has 21 heavy (non-hydrogen) atoms. The van der Waals surface area contributed by atoms with Crippen LogP contribution in [0, 0.1) is 5.92 Å². The third-order valence-corrected chi connectivity index (χ3v) is 4.33. The lowest BCUT2D eigenvalue weighted by Gasteiger charge is -2.36. The highest BCUT2D eigenvalue weighted by atomic mass is 35.5. The van der Waals surface area contributed by atoms with Gasteiger partial charge in [-0.15, -0.1) is 0 Å². The minimum absolute atomic E-state index is 0.190. The van der Waals surface area contributed by atoms with Gasteiger partial charge in [-0.1, -0.05) is 24.6 Å². The van der Waals surface area contributed by atoms with Gasteiger partial charge in [-0.3, -0.25) is 0 Å². The Labute approximate surface area is 132 Å². The van der Waals surface area contributed by atoms with Gasteiger partial charge in [0.25, 0.3) is 0 Å². The van der Waals surface area contributed by atoms with Gasteiger partial charge < -0.3 is 20.1 Å². The average Bonchev–Trinajstić information content (AvgIpc) is 2.47. The summed E-state index contributed by atoms with van der Waals surface area (Å²) in [4.78, 5) is 2.27. The number of rotatable bonds is 6. The Morgan fingerprint density at radius 3 is 2.95 bits per heavy atom. The molecular formula is C16H25ClN2O2. The third kappa shape index (κ3) is 4.58. The minimum Gasteiger partial charge on any atom is -0.393 e. The molecule has 1 aliphatic heterocycles. The van der Waals surface area contributed by atoms with Crippen molar-refractivity contribution < 1.29 is 9.84 Å². The Bertz CT molecular complexity index is 456. The molecule has 1 aliphatic rings. The summed E-state index contributed by atoms with van der Waals surface area (Å²) >= 11 is 6.43. The van der Waals surface area contributed by atoms with Crippen molar-refractivity contribution >= 4 is 17.3 Å². The molecule has 0 aromatic heterocycles. The predicted molar refractivity (Wildman–Crippen MR) is 87.0 cm³/mol. The summed E-state index contributed by atoms with van der Waals surface area (Å²) in [6, 6.07) is 6.21. The van der Waals surface area contributed by atoms with Gasteiger partial charge in [-0.25, -0.2) is 0 Å². The first-order chi connectivity index (χ1) is 10.1. The molecule has 1 heterocycles. The van der Waals surface area contributed by atoms with Crippen LogP contribution in [0.1, 0.15) is 18.9 Å². The second-order valence-corrected chi connectivity index (χ2v) is 6.14. The quantitative estimate of drug-likeness (QED) is 0.791. The standard InChI is InChI=1S/C16H25ClN2O2/c1-12-11-19(7-5-16(12)20)15-4-3-13(9-14(15)17)10-18-6-8-21-2/h3-4,9,12,16,18,20H,5-8,10-11H2,1-2H3. The zero-order valence-corrected chi connectivity index (χ0v) is 13.6. The lowest BCUT2D eigenvalue weighted by atomic mass is 9.96. The first-order valence-corrected chi connectivity index (χ1v) is 7.90. The number of anilines is 1. The highest BCUT2D eigenvalue weighted by molar-refractivity contribution is 6.33. The zero-order chi connectivity index (χ0) is 15.2. The highest BCUT2D eigenvalue weighted by Gasteiger charge is 2.25. The lowest BCUT2D eigenvalue weighted by Crippen LogP contribution is -2.42. The first-order valence-electron chi connectivity index (χ1n) is 7.53. The van der Waals surface area contributed by atoms with E-state index in [4.69, 9.17) is 16.3 Å². The molecule has 4 nitrogen and oxygen atoms in total. The summed E-state index contributed by atoms with van der Waals surface area (Å²) in [5.74, 6) is 0.283. The van der Waals surface area contributed by atoms with Crippen LogP contribution in [-0.4, -0.2) is 44.6 Å². The molecule has 2 unspecified atom stereocenters. The Balaban J connectivity index is 1.95. The molecule has 2 atom stereocenters. The largest absolute Gasteiger partial charge is 0.393 e. The van der Waals surface area contributed by atoms with Gasteiger partial charge in [0.15, 0.2) is 0 Å². The molecule has 0 radical (unpaired) electrons. The monoisotopic (exact) mass is 312 g/mol. The van der Waals surface area contributed by atoms with Crippen molar-refractivity contribution in [1.29, 1.82) is 0 Å². The Kier molecular flexibility index (Phi) is 6.30. The molecule has 5 heteroatoms. The SMILES string of the molecule is COCCNCc1ccc(N2CCC(O)C(C)C2)c(Cl)c1. The van der Waals surface area contributed by atoms with E-state index in [2.05, 4.69) is 29.3 Å². The van der Waals surface area contributed by atoms with Crippen molar-refractivity contribution in [3.8, 4) is 0 Å². The number of aliphatic hydroxyl groups is 1. The van der Waals surface area contributed by atoms with Gasteiger partial charge >= 0.3 is 0 Å². The molecule has 1 saturated heterocycles. The number of methoxy groups -OCH3 is 1. The van der Waals surface area contributed by atoms with E-state index in [0.29, 0.717) is 6.61 Å². The molecule has 1 fully saturated rings. The van der Waals surface area contributed by atoms with Crippen molar-refractivity contribution in [2.24, 2.45) is 5.92 Å². The Morgan fingerprint density at radius 2 is 2.29 bits per heavy atom. The summed E-state index contributed by atoms with van der Waals surface area (Å²) < 4.78 is 5.00. The smallest absolute Gasteiger partial charge is 0.0642 e. The van der Waals surface area contributed by atoms with Gasteiger partial charge in [0, 0.05) is 33.3 Å². The van der Waals surface area contributed by atoms with Gasteiger partial charge in [0.05, 0.1) is 23.4 Å². The van der Waals surface area contributed by atoms with Gasteiger partial charge in [-0.2, -0.15) is 0 Å². The van der Waals surface area contributed by atoms with E-state index < -0.39 is 0 Å². The molecule has 0 aliphatic carbocycles. The highest BCUT2D eigenvalue weighted by Crippen LogP contribution is 2.30. The van der Waals surface area contributed by atoms with Crippen LogP contribution in [0.4, 0.5) is 5.69 Å². The average molecular weight is 313 g/mol. The number of hydrogen-bond donors (Lipinski definition) is 2. The third-order valence-electron chi connectivity index (χ3n) is 4.02. The number of piperidine rings is 1. The van der Waals surface area contributed by atoms with E-state index in [0.717, 1.165) is 43.3 Å². The summed E-state index contributed by atoms with van der Waals surface area (Å²) in [7, 11) is 1.70. The number of halogens is 1. The van der Waals surface area contributed by atoms with Crippen LogP contribution in [0.3, 0.4) is 0 Å². The van der Waals surface area contributed by atoms with Crippen molar-refractivity contribution in [3.63, 3.8) is 0 Å². The normalized spacial score (nSPS) is 22.6. The molecule has 2 N–H and O–H groups in total. The molecule has 1 aromatic carbocycles. The zero-order valence-electron chi connectivity index (χ0n) is 12.8. The fourth-order valence-corrected chi connectivity index (χ4v) is 3.00. The van der Waals surface area contributed by atoms with Gasteiger partial charge in [0.2, 0.25) is 0 Å². The minimum atomic E-state index is -0.190. The molecule has 0 amide bonds. The van der Waals surface area contributed by atoms with Crippen molar-refractivity contribution in [3.05, 3.63) is 28.8 Å². The molecule has 0 bridgehead atoms.